The quantitative estimate of drug-likeness (QED) is 0.551. The van der Waals surface area contributed by atoms with E-state index in [0.29, 0.717) is 13.2 Å². The lowest BCUT2D eigenvalue weighted by molar-refractivity contribution is -0.135. The highest BCUT2D eigenvalue weighted by atomic mass is 16.5. The minimum atomic E-state index is -0.545. The molecular weight excluding hydrogens is 170 g/mol. The van der Waals surface area contributed by atoms with Gasteiger partial charge < -0.3 is 9.64 Å². The normalized spacial score (nSPS) is 21.7. The molecule has 1 rings (SSSR count). The first-order valence-electron chi connectivity index (χ1n) is 3.94. The Hall–Kier alpha value is -1.59. The van der Waals surface area contributed by atoms with Gasteiger partial charge in [-0.2, -0.15) is 10.5 Å². The zero-order chi connectivity index (χ0) is 9.68. The SMILES string of the molecule is N#CCC(=O)N1CCOC(C#N)C1. The molecule has 1 atom stereocenters. The lowest BCUT2D eigenvalue weighted by Crippen LogP contribution is -2.44. The molecule has 0 N–H and O–H groups in total. The Kier molecular flexibility index (Phi) is 3.24. The number of ether oxygens (including phenoxy) is 1. The first-order valence-corrected chi connectivity index (χ1v) is 3.94. The molecule has 1 saturated heterocycles. The predicted octanol–water partition coefficient (Wildman–Crippen LogP) is -0.349. The molecule has 13 heavy (non-hydrogen) atoms. The van der Waals surface area contributed by atoms with E-state index in [0.717, 1.165) is 0 Å². The molecule has 0 aromatic rings. The Balaban J connectivity index is 2.48. The largest absolute Gasteiger partial charge is 0.360 e. The highest BCUT2D eigenvalue weighted by Crippen LogP contribution is 2.05. The summed E-state index contributed by atoms with van der Waals surface area (Å²) in [6.07, 6.45) is -0.672. The summed E-state index contributed by atoms with van der Waals surface area (Å²) in [5.74, 6) is -0.231. The highest BCUT2D eigenvalue weighted by molar-refractivity contribution is 5.78. The van der Waals surface area contributed by atoms with Crippen LogP contribution in [0.1, 0.15) is 6.42 Å². The molecule has 5 nitrogen and oxygen atoms in total. The van der Waals surface area contributed by atoms with Crippen LogP contribution >= 0.6 is 0 Å². The molecule has 0 radical (unpaired) electrons. The number of morpholine rings is 1. The van der Waals surface area contributed by atoms with Crippen LogP contribution < -0.4 is 0 Å². The first-order chi connectivity index (χ1) is 6.27. The molecule has 1 heterocycles. The molecular formula is C8H9N3O2. The molecule has 1 aliphatic rings. The van der Waals surface area contributed by atoms with Gasteiger partial charge in [0.05, 0.1) is 25.3 Å². The third kappa shape index (κ3) is 2.43. The molecule has 0 saturated carbocycles. The number of carbonyl (C=O) groups excluding carboxylic acids is 1. The number of rotatable bonds is 1. The van der Waals surface area contributed by atoms with Gasteiger partial charge in [-0.05, 0) is 0 Å². The van der Waals surface area contributed by atoms with Gasteiger partial charge in [0.15, 0.2) is 6.10 Å². The Morgan fingerprint density at radius 1 is 1.62 bits per heavy atom. The zero-order valence-corrected chi connectivity index (χ0v) is 7.06. The molecule has 1 aliphatic heterocycles. The average Bonchev–Trinajstić information content (AvgIpc) is 2.18. The smallest absolute Gasteiger partial charge is 0.236 e. The van der Waals surface area contributed by atoms with Gasteiger partial charge in [0.1, 0.15) is 6.42 Å². The minimum Gasteiger partial charge on any atom is -0.360 e. The van der Waals surface area contributed by atoms with Gasteiger partial charge in [0, 0.05) is 6.54 Å². The predicted molar refractivity (Wildman–Crippen MR) is 42.2 cm³/mol. The van der Waals surface area contributed by atoms with E-state index in [4.69, 9.17) is 15.3 Å². The Labute approximate surface area is 76.1 Å². The van der Waals surface area contributed by atoms with Gasteiger partial charge >= 0.3 is 0 Å². The summed E-state index contributed by atoms with van der Waals surface area (Å²) in [6, 6.07) is 3.71. The van der Waals surface area contributed by atoms with Gasteiger partial charge in [-0.15, -0.1) is 0 Å². The number of nitrogens with zero attached hydrogens (tertiary/aromatic N) is 3. The van der Waals surface area contributed by atoms with Crippen LogP contribution in [0.3, 0.4) is 0 Å². The third-order valence-electron chi connectivity index (χ3n) is 1.79. The van der Waals surface area contributed by atoms with E-state index >= 15 is 0 Å². The number of hydrogen-bond acceptors (Lipinski definition) is 4. The molecule has 0 aliphatic carbocycles. The molecule has 1 unspecified atom stereocenters. The van der Waals surface area contributed by atoms with E-state index in [9.17, 15) is 4.79 Å². The average molecular weight is 179 g/mol. The van der Waals surface area contributed by atoms with Crippen LogP contribution in [0.5, 0.6) is 0 Å². The Bertz CT molecular complexity index is 276. The van der Waals surface area contributed by atoms with Crippen molar-refractivity contribution in [3.05, 3.63) is 0 Å². The fourth-order valence-electron chi connectivity index (χ4n) is 1.13. The van der Waals surface area contributed by atoms with Crippen LogP contribution in [0.4, 0.5) is 0 Å². The second-order valence-corrected chi connectivity index (χ2v) is 2.66. The van der Waals surface area contributed by atoms with Crippen molar-refractivity contribution in [1.29, 1.82) is 10.5 Å². The van der Waals surface area contributed by atoms with Crippen LogP contribution in [-0.2, 0) is 9.53 Å². The second kappa shape index (κ2) is 4.44. The van der Waals surface area contributed by atoms with Crippen molar-refractivity contribution in [3.8, 4) is 12.1 Å². The van der Waals surface area contributed by atoms with Crippen LogP contribution in [-0.4, -0.2) is 36.6 Å². The standard InChI is InChI=1S/C8H9N3O2/c9-2-1-8(12)11-3-4-13-7(5-10)6-11/h7H,1,3-4,6H2. The van der Waals surface area contributed by atoms with Gasteiger partial charge in [-0.3, -0.25) is 4.79 Å². The monoisotopic (exact) mass is 179 g/mol. The fraction of sp³-hybridized carbons (Fsp3) is 0.625. The third-order valence-corrected chi connectivity index (χ3v) is 1.79. The summed E-state index contributed by atoms with van der Waals surface area (Å²) in [7, 11) is 0. The van der Waals surface area contributed by atoms with Crippen LogP contribution in [0.2, 0.25) is 0 Å². The summed E-state index contributed by atoms with van der Waals surface area (Å²) in [5.41, 5.74) is 0. The van der Waals surface area contributed by atoms with Crippen molar-refractivity contribution >= 4 is 5.91 Å². The maximum atomic E-state index is 11.2. The number of hydrogen-bond donors (Lipinski definition) is 0. The number of amides is 1. The van der Waals surface area contributed by atoms with E-state index in [1.165, 1.54) is 4.90 Å². The van der Waals surface area contributed by atoms with Crippen LogP contribution in [0.15, 0.2) is 0 Å². The van der Waals surface area contributed by atoms with E-state index in [2.05, 4.69) is 0 Å². The van der Waals surface area contributed by atoms with Gasteiger partial charge in [0.2, 0.25) is 5.91 Å². The van der Waals surface area contributed by atoms with E-state index < -0.39 is 6.10 Å². The van der Waals surface area contributed by atoms with Crippen molar-refractivity contribution in [2.45, 2.75) is 12.5 Å². The van der Waals surface area contributed by atoms with Crippen molar-refractivity contribution < 1.29 is 9.53 Å². The van der Waals surface area contributed by atoms with Gasteiger partial charge in [-0.1, -0.05) is 0 Å². The van der Waals surface area contributed by atoms with Gasteiger partial charge in [0.25, 0.3) is 0 Å². The van der Waals surface area contributed by atoms with Crippen molar-refractivity contribution in [2.75, 3.05) is 19.7 Å². The van der Waals surface area contributed by atoms with E-state index in [1.807, 2.05) is 6.07 Å². The topological polar surface area (TPSA) is 77.1 Å². The molecule has 5 heteroatoms. The maximum absolute atomic E-state index is 11.2. The van der Waals surface area contributed by atoms with Crippen LogP contribution in [0.25, 0.3) is 0 Å². The van der Waals surface area contributed by atoms with E-state index in [1.54, 1.807) is 6.07 Å². The summed E-state index contributed by atoms with van der Waals surface area (Å²) in [6.45, 7) is 1.12. The lowest BCUT2D eigenvalue weighted by atomic mass is 10.2. The van der Waals surface area contributed by atoms with E-state index in [-0.39, 0.29) is 18.9 Å². The fourth-order valence-corrected chi connectivity index (χ4v) is 1.13. The second-order valence-electron chi connectivity index (χ2n) is 2.66. The molecule has 0 aromatic carbocycles. The van der Waals surface area contributed by atoms with Gasteiger partial charge in [-0.25, -0.2) is 0 Å². The molecule has 1 fully saturated rings. The first kappa shape index (κ1) is 9.50. The highest BCUT2D eigenvalue weighted by Gasteiger charge is 2.23. The van der Waals surface area contributed by atoms with Crippen molar-refractivity contribution in [2.24, 2.45) is 0 Å². The van der Waals surface area contributed by atoms with Crippen molar-refractivity contribution in [1.82, 2.24) is 4.90 Å². The summed E-state index contributed by atoms with van der Waals surface area (Å²) in [5, 5.41) is 16.8. The number of nitriles is 2. The molecule has 0 bridgehead atoms. The molecule has 68 valence electrons. The maximum Gasteiger partial charge on any atom is 0.236 e. The lowest BCUT2D eigenvalue weighted by Gasteiger charge is -2.29. The summed E-state index contributed by atoms with van der Waals surface area (Å²) < 4.78 is 5.05. The molecule has 1 amide bonds. The van der Waals surface area contributed by atoms with Crippen molar-refractivity contribution in [3.63, 3.8) is 0 Å². The Morgan fingerprint density at radius 3 is 3.00 bits per heavy atom. The Morgan fingerprint density at radius 2 is 2.38 bits per heavy atom. The summed E-state index contributed by atoms with van der Waals surface area (Å²) in [4.78, 5) is 12.7. The number of carbonyl (C=O) groups is 1. The zero-order valence-electron chi connectivity index (χ0n) is 7.06. The molecule has 0 aromatic heterocycles. The minimum absolute atomic E-state index is 0.127. The molecule has 0 spiro atoms. The summed E-state index contributed by atoms with van der Waals surface area (Å²) >= 11 is 0. The van der Waals surface area contributed by atoms with Crippen LogP contribution in [0, 0.1) is 22.7 Å².